The predicted octanol–water partition coefficient (Wildman–Crippen LogP) is 4.11. The summed E-state index contributed by atoms with van der Waals surface area (Å²) in [7, 11) is 3.28. The molecule has 37 heavy (non-hydrogen) atoms. The molecule has 2 aromatic carbocycles. The van der Waals surface area contributed by atoms with Crippen molar-refractivity contribution in [1.29, 1.82) is 0 Å². The minimum Gasteiger partial charge on any atom is -0.483 e. The van der Waals surface area contributed by atoms with Crippen LogP contribution in [0.3, 0.4) is 0 Å². The molecule has 0 saturated carbocycles. The summed E-state index contributed by atoms with van der Waals surface area (Å²) in [4.78, 5) is 30.9. The number of hydrogen-bond acceptors (Lipinski definition) is 5. The predicted molar refractivity (Wildman–Crippen MR) is 150 cm³/mol. The minimum atomic E-state index is -0.274. The van der Waals surface area contributed by atoms with Gasteiger partial charge < -0.3 is 15.0 Å². The Kier molecular flexibility index (Phi) is 13.7. The third-order valence-electron chi connectivity index (χ3n) is 6.27. The van der Waals surface area contributed by atoms with Crippen molar-refractivity contribution in [2.24, 2.45) is 0 Å². The highest BCUT2D eigenvalue weighted by Crippen LogP contribution is 2.24. The number of carbonyl (C=O) groups excluding carboxylic acids is 2. The maximum absolute atomic E-state index is 13.2. The van der Waals surface area contributed by atoms with E-state index in [1.807, 2.05) is 12.1 Å². The molecule has 1 aliphatic rings. The highest BCUT2D eigenvalue weighted by molar-refractivity contribution is 6.30. The van der Waals surface area contributed by atoms with Crippen molar-refractivity contribution >= 4 is 48.2 Å². The van der Waals surface area contributed by atoms with Gasteiger partial charge in [-0.3, -0.25) is 19.4 Å². The number of benzene rings is 2. The Morgan fingerprint density at radius 2 is 1.68 bits per heavy atom. The molecule has 0 aliphatic carbocycles. The molecule has 0 bridgehead atoms. The second-order valence-electron chi connectivity index (χ2n) is 9.22. The van der Waals surface area contributed by atoms with Crippen LogP contribution in [0.4, 0.5) is 4.39 Å². The van der Waals surface area contributed by atoms with Gasteiger partial charge in [0.05, 0.1) is 5.56 Å². The Bertz CT molecular complexity index is 1030. The first-order valence-corrected chi connectivity index (χ1v) is 12.1. The normalized spacial score (nSPS) is 17.8. The number of carbonyl (C=O) groups is 2. The molecule has 7 nitrogen and oxygen atoms in total. The van der Waals surface area contributed by atoms with Crippen LogP contribution < -0.4 is 10.1 Å². The summed E-state index contributed by atoms with van der Waals surface area (Å²) in [5.41, 5.74) is 1.44. The number of nitrogens with zero attached hydrogens (tertiary/aromatic N) is 3. The average molecular weight is 578 g/mol. The first-order valence-electron chi connectivity index (χ1n) is 11.8. The lowest BCUT2D eigenvalue weighted by Crippen LogP contribution is -2.57. The van der Waals surface area contributed by atoms with Crippen LogP contribution in [0.5, 0.6) is 5.75 Å². The van der Waals surface area contributed by atoms with Crippen LogP contribution in [-0.2, 0) is 11.3 Å². The molecule has 2 aromatic rings. The largest absolute Gasteiger partial charge is 0.483 e. The molecule has 0 radical (unpaired) electrons. The third kappa shape index (κ3) is 9.61. The molecule has 2 atom stereocenters. The second kappa shape index (κ2) is 15.3. The molecule has 206 valence electrons. The van der Waals surface area contributed by atoms with Crippen molar-refractivity contribution in [3.63, 3.8) is 0 Å². The van der Waals surface area contributed by atoms with Crippen LogP contribution in [0.15, 0.2) is 42.5 Å². The van der Waals surface area contributed by atoms with Gasteiger partial charge in [0.15, 0.2) is 6.61 Å². The molecule has 11 heteroatoms. The van der Waals surface area contributed by atoms with Gasteiger partial charge in [-0.1, -0.05) is 23.7 Å². The van der Waals surface area contributed by atoms with E-state index in [-0.39, 0.29) is 54.8 Å². The average Bonchev–Trinajstić information content (AvgIpc) is 2.81. The molecule has 1 aliphatic heterocycles. The van der Waals surface area contributed by atoms with Gasteiger partial charge in [-0.2, -0.15) is 0 Å². The number of piperazine rings is 1. The zero-order chi connectivity index (χ0) is 25.5. The van der Waals surface area contributed by atoms with E-state index in [0.29, 0.717) is 35.8 Å². The lowest BCUT2D eigenvalue weighted by molar-refractivity contribution is -0.130. The highest BCUT2D eigenvalue weighted by Gasteiger charge is 2.28. The smallest absolute Gasteiger partial charge is 0.259 e. The first kappa shape index (κ1) is 32.9. The maximum atomic E-state index is 13.2. The molecule has 2 amide bonds. The summed E-state index contributed by atoms with van der Waals surface area (Å²) in [6.45, 7) is 7.93. The van der Waals surface area contributed by atoms with Gasteiger partial charge in [-0.15, -0.1) is 24.8 Å². The monoisotopic (exact) mass is 576 g/mol. The van der Waals surface area contributed by atoms with E-state index in [1.54, 1.807) is 32.3 Å². The molecular formula is C26H36Cl3FN4O3. The van der Waals surface area contributed by atoms with E-state index in [9.17, 15) is 14.0 Å². The quantitative estimate of drug-likeness (QED) is 0.486. The Balaban J connectivity index is 0.00000342. The zero-order valence-electron chi connectivity index (χ0n) is 21.6. The summed E-state index contributed by atoms with van der Waals surface area (Å²) in [6, 6.07) is 12.1. The van der Waals surface area contributed by atoms with Crippen LogP contribution >= 0.6 is 36.4 Å². The van der Waals surface area contributed by atoms with Crippen molar-refractivity contribution in [3.05, 3.63) is 64.4 Å². The fourth-order valence-corrected chi connectivity index (χ4v) is 4.27. The van der Waals surface area contributed by atoms with Crippen molar-refractivity contribution in [1.82, 2.24) is 20.0 Å². The number of rotatable bonds is 9. The molecule has 1 N–H and O–H groups in total. The summed E-state index contributed by atoms with van der Waals surface area (Å²) in [5, 5.41) is 3.39. The second-order valence-corrected chi connectivity index (χ2v) is 9.66. The molecule has 0 spiro atoms. The molecule has 1 fully saturated rings. The number of hydrogen-bond donors (Lipinski definition) is 1. The minimum absolute atomic E-state index is 0. The fourth-order valence-electron chi connectivity index (χ4n) is 4.11. The number of halogens is 4. The molecule has 0 aromatic heterocycles. The lowest BCUT2D eigenvalue weighted by Gasteiger charge is -2.44. The Hall–Kier alpha value is -2.10. The number of ether oxygens (including phenoxy) is 1. The van der Waals surface area contributed by atoms with Crippen LogP contribution in [-0.4, -0.2) is 85.5 Å². The summed E-state index contributed by atoms with van der Waals surface area (Å²) < 4.78 is 18.8. The third-order valence-corrected chi connectivity index (χ3v) is 6.50. The summed E-state index contributed by atoms with van der Waals surface area (Å²) in [5.74, 6) is -0.425. The summed E-state index contributed by atoms with van der Waals surface area (Å²) in [6.07, 6.45) is 0. The molecular weight excluding hydrogens is 542 g/mol. The van der Waals surface area contributed by atoms with Crippen LogP contribution in [0.1, 0.15) is 29.8 Å². The van der Waals surface area contributed by atoms with Crippen molar-refractivity contribution in [2.75, 3.05) is 46.9 Å². The van der Waals surface area contributed by atoms with Crippen LogP contribution in [0.2, 0.25) is 5.02 Å². The van der Waals surface area contributed by atoms with E-state index < -0.39 is 0 Å². The zero-order valence-corrected chi connectivity index (χ0v) is 24.0. The highest BCUT2D eigenvalue weighted by atomic mass is 35.5. The van der Waals surface area contributed by atoms with Gasteiger partial charge in [-0.05, 0) is 49.7 Å². The van der Waals surface area contributed by atoms with Crippen molar-refractivity contribution in [3.8, 4) is 5.75 Å². The van der Waals surface area contributed by atoms with E-state index in [0.717, 1.165) is 25.2 Å². The van der Waals surface area contributed by atoms with Gasteiger partial charge in [0.1, 0.15) is 11.6 Å². The Morgan fingerprint density at radius 1 is 1.05 bits per heavy atom. The van der Waals surface area contributed by atoms with Gasteiger partial charge in [-0.25, -0.2) is 4.39 Å². The Morgan fingerprint density at radius 3 is 2.32 bits per heavy atom. The fraction of sp³-hybridized carbons (Fsp3) is 0.462. The van der Waals surface area contributed by atoms with E-state index in [2.05, 4.69) is 29.0 Å². The Labute approximate surface area is 236 Å². The van der Waals surface area contributed by atoms with Crippen molar-refractivity contribution in [2.45, 2.75) is 32.5 Å². The standard InChI is InChI=1S/C26H34ClFN4O3.2ClH/c1-18-15-32(16-20-5-8-22(28)9-6-20)19(2)14-31(18)12-11-29-26(34)23-10-7-21(27)13-24(23)35-17-25(33)30(3)4;;/h5-10,13,18-19H,11-12,14-17H2,1-4H3,(H,29,34);2*1H. The van der Waals surface area contributed by atoms with Crippen LogP contribution in [0.25, 0.3) is 0 Å². The topological polar surface area (TPSA) is 65.1 Å². The number of amides is 2. The maximum Gasteiger partial charge on any atom is 0.259 e. The van der Waals surface area contributed by atoms with E-state index in [1.165, 1.54) is 17.0 Å². The first-order chi connectivity index (χ1) is 16.6. The number of nitrogens with one attached hydrogen (secondary N) is 1. The van der Waals surface area contributed by atoms with E-state index >= 15 is 0 Å². The SMILES string of the molecule is CC1CN(Cc2ccc(F)cc2)C(C)CN1CCNC(=O)c1ccc(Cl)cc1OCC(=O)N(C)C.Cl.Cl. The van der Waals surface area contributed by atoms with Gasteiger partial charge >= 0.3 is 0 Å². The van der Waals surface area contributed by atoms with Crippen LogP contribution in [0, 0.1) is 5.82 Å². The number of likely N-dealkylation sites (N-methyl/N-ethyl adjacent to an activating group) is 1. The summed E-state index contributed by atoms with van der Waals surface area (Å²) >= 11 is 6.07. The van der Waals surface area contributed by atoms with Crippen molar-refractivity contribution < 1.29 is 18.7 Å². The molecule has 2 unspecified atom stereocenters. The van der Waals surface area contributed by atoms with Gasteiger partial charge in [0.2, 0.25) is 0 Å². The van der Waals surface area contributed by atoms with E-state index in [4.69, 9.17) is 16.3 Å². The van der Waals surface area contributed by atoms with Gasteiger partial charge in [0, 0.05) is 63.9 Å². The molecule has 1 saturated heterocycles. The molecule has 3 rings (SSSR count). The van der Waals surface area contributed by atoms with Gasteiger partial charge in [0.25, 0.3) is 11.8 Å². The lowest BCUT2D eigenvalue weighted by atomic mass is 10.1. The molecule has 1 heterocycles.